The highest BCUT2D eigenvalue weighted by atomic mass is 79.9. The van der Waals surface area contributed by atoms with Crippen LogP contribution in [0, 0.1) is 13.8 Å². The van der Waals surface area contributed by atoms with Gasteiger partial charge >= 0.3 is 0 Å². The first-order chi connectivity index (χ1) is 8.60. The third-order valence-corrected chi connectivity index (χ3v) is 3.29. The molecule has 0 aliphatic rings. The lowest BCUT2D eigenvalue weighted by Crippen LogP contribution is -2.08. The number of benzene rings is 1. The van der Waals surface area contributed by atoms with Gasteiger partial charge in [-0.1, -0.05) is 22.0 Å². The van der Waals surface area contributed by atoms with Crippen molar-refractivity contribution in [1.29, 1.82) is 0 Å². The Morgan fingerprint density at radius 2 is 1.94 bits per heavy atom. The van der Waals surface area contributed by atoms with E-state index in [4.69, 9.17) is 0 Å². The smallest absolute Gasteiger partial charge is 0.160 e. The second kappa shape index (κ2) is 5.59. The van der Waals surface area contributed by atoms with Crippen LogP contribution in [0.15, 0.2) is 28.7 Å². The predicted octanol–water partition coefficient (Wildman–Crippen LogP) is 3.24. The molecule has 2 rings (SSSR count). The highest BCUT2D eigenvalue weighted by Crippen LogP contribution is 2.26. The Morgan fingerprint density at radius 1 is 1.17 bits per heavy atom. The standard InChI is InChI=1S/C14H16BrN3/c1-9-4-5-12(13(15)6-9)14-17-10(2)7-11(18-14)8-16-3/h4-7,16H,8H2,1-3H3. The first-order valence-electron chi connectivity index (χ1n) is 5.86. The van der Waals surface area contributed by atoms with E-state index in [1.54, 1.807) is 0 Å². The van der Waals surface area contributed by atoms with Crippen molar-refractivity contribution < 1.29 is 0 Å². The molecule has 0 fully saturated rings. The molecule has 3 nitrogen and oxygen atoms in total. The summed E-state index contributed by atoms with van der Waals surface area (Å²) in [6.07, 6.45) is 0. The first-order valence-corrected chi connectivity index (χ1v) is 6.65. The fourth-order valence-corrected chi connectivity index (χ4v) is 2.50. The van der Waals surface area contributed by atoms with Crippen molar-refractivity contribution in [2.75, 3.05) is 7.05 Å². The average Bonchev–Trinajstić information content (AvgIpc) is 2.28. The van der Waals surface area contributed by atoms with Crippen molar-refractivity contribution in [3.05, 3.63) is 45.7 Å². The Hall–Kier alpha value is -1.26. The monoisotopic (exact) mass is 305 g/mol. The topological polar surface area (TPSA) is 37.8 Å². The molecule has 0 radical (unpaired) electrons. The number of hydrogen-bond acceptors (Lipinski definition) is 3. The lowest BCUT2D eigenvalue weighted by atomic mass is 10.1. The van der Waals surface area contributed by atoms with Gasteiger partial charge in [0, 0.05) is 22.3 Å². The van der Waals surface area contributed by atoms with Crippen LogP contribution in [0.4, 0.5) is 0 Å². The third kappa shape index (κ3) is 2.94. The van der Waals surface area contributed by atoms with Crippen molar-refractivity contribution in [2.24, 2.45) is 0 Å². The zero-order chi connectivity index (χ0) is 13.1. The van der Waals surface area contributed by atoms with E-state index in [2.05, 4.69) is 56.3 Å². The molecule has 0 amide bonds. The fourth-order valence-electron chi connectivity index (χ4n) is 1.83. The van der Waals surface area contributed by atoms with E-state index >= 15 is 0 Å². The summed E-state index contributed by atoms with van der Waals surface area (Å²) < 4.78 is 1.03. The Bertz CT molecular complexity index is 567. The van der Waals surface area contributed by atoms with E-state index in [-0.39, 0.29) is 0 Å². The van der Waals surface area contributed by atoms with Crippen molar-refractivity contribution in [1.82, 2.24) is 15.3 Å². The molecule has 4 heteroatoms. The summed E-state index contributed by atoms with van der Waals surface area (Å²) >= 11 is 3.58. The Balaban J connectivity index is 2.49. The predicted molar refractivity (Wildman–Crippen MR) is 77.4 cm³/mol. The van der Waals surface area contributed by atoms with Gasteiger partial charge in [-0.25, -0.2) is 9.97 Å². The first kappa shape index (κ1) is 13.2. The lowest BCUT2D eigenvalue weighted by Gasteiger charge is -2.08. The molecule has 0 spiro atoms. The van der Waals surface area contributed by atoms with Crippen LogP contribution in [-0.2, 0) is 6.54 Å². The maximum Gasteiger partial charge on any atom is 0.160 e. The molecule has 94 valence electrons. The van der Waals surface area contributed by atoms with Crippen molar-refractivity contribution in [3.63, 3.8) is 0 Å². The second-order valence-corrected chi connectivity index (χ2v) is 5.19. The minimum absolute atomic E-state index is 0.750. The minimum Gasteiger partial charge on any atom is -0.314 e. The summed E-state index contributed by atoms with van der Waals surface area (Å²) in [5.74, 6) is 0.770. The number of nitrogens with one attached hydrogen (secondary N) is 1. The SMILES string of the molecule is CNCc1cc(C)nc(-c2ccc(C)cc2Br)n1. The van der Waals surface area contributed by atoms with Gasteiger partial charge in [0.1, 0.15) is 0 Å². The molecule has 0 atom stereocenters. The van der Waals surface area contributed by atoms with Crippen molar-refractivity contribution >= 4 is 15.9 Å². The normalized spacial score (nSPS) is 10.7. The number of aromatic nitrogens is 2. The number of hydrogen-bond donors (Lipinski definition) is 1. The van der Waals surface area contributed by atoms with Gasteiger partial charge in [-0.2, -0.15) is 0 Å². The van der Waals surface area contributed by atoms with Crippen LogP contribution in [0.1, 0.15) is 17.0 Å². The molecule has 1 N–H and O–H groups in total. The quantitative estimate of drug-likeness (QED) is 0.946. The second-order valence-electron chi connectivity index (χ2n) is 4.34. The lowest BCUT2D eigenvalue weighted by molar-refractivity contribution is 0.785. The van der Waals surface area contributed by atoms with Gasteiger partial charge in [-0.05, 0) is 44.7 Å². The van der Waals surface area contributed by atoms with Gasteiger partial charge in [0.15, 0.2) is 5.82 Å². The highest BCUT2D eigenvalue weighted by molar-refractivity contribution is 9.10. The van der Waals surface area contributed by atoms with Crippen LogP contribution in [0.5, 0.6) is 0 Å². The highest BCUT2D eigenvalue weighted by Gasteiger charge is 2.08. The van der Waals surface area contributed by atoms with Gasteiger partial charge in [0.25, 0.3) is 0 Å². The maximum atomic E-state index is 4.58. The molecule has 0 saturated heterocycles. The van der Waals surface area contributed by atoms with Gasteiger partial charge in [-0.15, -0.1) is 0 Å². The van der Waals surface area contributed by atoms with E-state index < -0.39 is 0 Å². The van der Waals surface area contributed by atoms with Gasteiger partial charge in [0.05, 0.1) is 5.69 Å². The van der Waals surface area contributed by atoms with Crippen molar-refractivity contribution in [3.8, 4) is 11.4 Å². The van der Waals surface area contributed by atoms with Crippen LogP contribution in [0.25, 0.3) is 11.4 Å². The van der Waals surface area contributed by atoms with Crippen LogP contribution >= 0.6 is 15.9 Å². The van der Waals surface area contributed by atoms with Gasteiger partial charge in [0.2, 0.25) is 0 Å². The fraction of sp³-hybridized carbons (Fsp3) is 0.286. The zero-order valence-electron chi connectivity index (χ0n) is 10.8. The summed E-state index contributed by atoms with van der Waals surface area (Å²) in [6, 6.07) is 8.21. The molecule has 18 heavy (non-hydrogen) atoms. The molecular formula is C14H16BrN3. The Morgan fingerprint density at radius 3 is 2.61 bits per heavy atom. The van der Waals surface area contributed by atoms with Crippen LogP contribution < -0.4 is 5.32 Å². The van der Waals surface area contributed by atoms with Crippen LogP contribution in [0.3, 0.4) is 0 Å². The molecular weight excluding hydrogens is 290 g/mol. The largest absolute Gasteiger partial charge is 0.314 e. The van der Waals surface area contributed by atoms with Crippen LogP contribution in [0.2, 0.25) is 0 Å². The third-order valence-electron chi connectivity index (χ3n) is 2.63. The van der Waals surface area contributed by atoms with E-state index in [1.807, 2.05) is 20.0 Å². The van der Waals surface area contributed by atoms with E-state index in [1.165, 1.54) is 5.56 Å². The van der Waals surface area contributed by atoms with Crippen molar-refractivity contribution in [2.45, 2.75) is 20.4 Å². The molecule has 0 saturated carbocycles. The average molecular weight is 306 g/mol. The summed E-state index contributed by atoms with van der Waals surface area (Å²) in [5, 5.41) is 3.11. The molecule has 0 unspecified atom stereocenters. The number of aryl methyl sites for hydroxylation is 2. The summed E-state index contributed by atoms with van der Waals surface area (Å²) in [4.78, 5) is 9.09. The van der Waals surface area contributed by atoms with E-state index in [0.717, 1.165) is 33.8 Å². The number of rotatable bonds is 3. The molecule has 0 bridgehead atoms. The van der Waals surface area contributed by atoms with Gasteiger partial charge < -0.3 is 5.32 Å². The summed E-state index contributed by atoms with van der Waals surface area (Å²) in [7, 11) is 1.92. The summed E-state index contributed by atoms with van der Waals surface area (Å²) in [5.41, 5.74) is 4.24. The Kier molecular flexibility index (Phi) is 4.09. The molecule has 1 aromatic heterocycles. The van der Waals surface area contributed by atoms with E-state index in [9.17, 15) is 0 Å². The van der Waals surface area contributed by atoms with E-state index in [0.29, 0.717) is 0 Å². The number of halogens is 1. The summed E-state index contributed by atoms with van der Waals surface area (Å²) in [6.45, 7) is 4.81. The Labute approximate surface area is 116 Å². The molecule has 0 aliphatic carbocycles. The molecule has 0 aliphatic heterocycles. The molecule has 1 heterocycles. The number of nitrogens with zero attached hydrogens (tertiary/aromatic N) is 2. The molecule has 1 aromatic carbocycles. The molecule has 2 aromatic rings. The minimum atomic E-state index is 0.750. The maximum absolute atomic E-state index is 4.58. The van der Waals surface area contributed by atoms with Crippen LogP contribution in [-0.4, -0.2) is 17.0 Å². The van der Waals surface area contributed by atoms with Gasteiger partial charge in [-0.3, -0.25) is 0 Å². The zero-order valence-corrected chi connectivity index (χ0v) is 12.4.